The van der Waals surface area contributed by atoms with E-state index in [1.54, 1.807) is 34.0 Å². The normalized spacial score (nSPS) is 15.7. The van der Waals surface area contributed by atoms with Gasteiger partial charge in [0.2, 0.25) is 10.0 Å². The van der Waals surface area contributed by atoms with E-state index in [9.17, 15) is 8.42 Å². The molecule has 0 saturated carbocycles. The van der Waals surface area contributed by atoms with Crippen molar-refractivity contribution >= 4 is 48.3 Å². The second-order valence-corrected chi connectivity index (χ2v) is 11.9. The number of nitrogens with zero attached hydrogens (tertiary/aromatic N) is 5. The van der Waals surface area contributed by atoms with Crippen LogP contribution in [0.4, 0.5) is 5.82 Å². The first-order valence-corrected chi connectivity index (χ1v) is 13.4. The lowest BCUT2D eigenvalue weighted by Gasteiger charge is -2.35. The summed E-state index contributed by atoms with van der Waals surface area (Å²) in [5.74, 6) is 1.97. The Morgan fingerprint density at radius 1 is 1.00 bits per heavy atom. The van der Waals surface area contributed by atoms with E-state index in [1.807, 2.05) is 18.2 Å². The monoisotopic (exact) mass is 481 g/mol. The molecular formula is C24H27N5O2S2. The van der Waals surface area contributed by atoms with Crippen LogP contribution in [0.5, 0.6) is 0 Å². The molecule has 0 radical (unpaired) electrons. The highest BCUT2D eigenvalue weighted by Gasteiger charge is 2.31. The Balaban J connectivity index is 1.46. The number of hydrogen-bond donors (Lipinski definition) is 0. The molecule has 3 aromatic heterocycles. The minimum absolute atomic E-state index is 0.219. The molecule has 1 aromatic carbocycles. The second kappa shape index (κ2) is 8.30. The summed E-state index contributed by atoms with van der Waals surface area (Å²) in [5.41, 5.74) is 1.73. The van der Waals surface area contributed by atoms with Gasteiger partial charge in [-0.3, -0.25) is 4.98 Å². The summed E-state index contributed by atoms with van der Waals surface area (Å²) in [6.45, 7) is 10.4. The minimum atomic E-state index is -3.65. The predicted octanol–water partition coefficient (Wildman–Crippen LogP) is 4.49. The van der Waals surface area contributed by atoms with Crippen molar-refractivity contribution < 1.29 is 8.42 Å². The first kappa shape index (κ1) is 22.2. The lowest BCUT2D eigenvalue weighted by atomic mass is 10.1. The molecule has 33 heavy (non-hydrogen) atoms. The quantitative estimate of drug-likeness (QED) is 0.427. The Morgan fingerprint density at radius 2 is 1.73 bits per heavy atom. The molecule has 9 heteroatoms. The predicted molar refractivity (Wildman–Crippen MR) is 134 cm³/mol. The lowest BCUT2D eigenvalue weighted by Crippen LogP contribution is -2.49. The fourth-order valence-corrected chi connectivity index (χ4v) is 6.91. The van der Waals surface area contributed by atoms with E-state index in [1.165, 1.54) is 10.4 Å². The average Bonchev–Trinajstić information content (AvgIpc) is 3.11. The molecular weight excluding hydrogens is 454 g/mol. The third-order valence-electron chi connectivity index (χ3n) is 6.29. The smallest absolute Gasteiger partial charge is 0.245 e. The van der Waals surface area contributed by atoms with E-state index in [4.69, 9.17) is 9.97 Å². The highest BCUT2D eigenvalue weighted by Crippen LogP contribution is 2.36. The molecule has 4 heterocycles. The van der Waals surface area contributed by atoms with Gasteiger partial charge in [-0.1, -0.05) is 32.0 Å². The zero-order chi connectivity index (χ0) is 23.3. The van der Waals surface area contributed by atoms with Crippen LogP contribution in [0.25, 0.3) is 21.1 Å². The molecule has 1 saturated heterocycles. The maximum Gasteiger partial charge on any atom is 0.245 e. The van der Waals surface area contributed by atoms with Crippen LogP contribution in [0.3, 0.4) is 0 Å². The molecule has 4 aromatic rings. The zero-order valence-corrected chi connectivity index (χ0v) is 20.9. The van der Waals surface area contributed by atoms with E-state index in [0.717, 1.165) is 27.2 Å². The van der Waals surface area contributed by atoms with Crippen molar-refractivity contribution in [3.8, 4) is 0 Å². The number of para-hydroxylation sites is 1. The zero-order valence-electron chi connectivity index (χ0n) is 19.2. The number of rotatable bonds is 4. The van der Waals surface area contributed by atoms with Crippen LogP contribution < -0.4 is 4.90 Å². The van der Waals surface area contributed by atoms with Crippen LogP contribution in [0, 0.1) is 13.8 Å². The van der Waals surface area contributed by atoms with Gasteiger partial charge in [0.25, 0.3) is 0 Å². The first-order chi connectivity index (χ1) is 15.8. The molecule has 0 aliphatic carbocycles. The summed E-state index contributed by atoms with van der Waals surface area (Å²) in [4.78, 5) is 18.8. The molecule has 0 spiro atoms. The molecule has 0 N–H and O–H groups in total. The fourth-order valence-electron chi connectivity index (χ4n) is 4.30. The molecule has 1 fully saturated rings. The summed E-state index contributed by atoms with van der Waals surface area (Å²) < 4.78 is 28.6. The van der Waals surface area contributed by atoms with Crippen molar-refractivity contribution in [1.29, 1.82) is 0 Å². The van der Waals surface area contributed by atoms with Crippen molar-refractivity contribution in [1.82, 2.24) is 19.3 Å². The number of aryl methyl sites for hydroxylation is 2. The molecule has 0 unspecified atom stereocenters. The number of benzene rings is 1. The summed E-state index contributed by atoms with van der Waals surface area (Å²) in [7, 11) is -3.65. The third-order valence-corrected chi connectivity index (χ3v) is 9.33. The summed E-state index contributed by atoms with van der Waals surface area (Å²) in [5, 5.41) is 1.92. The van der Waals surface area contributed by atoms with Gasteiger partial charge in [-0.15, -0.1) is 11.3 Å². The molecule has 0 atom stereocenters. The molecule has 0 bridgehead atoms. The molecule has 1 aliphatic heterocycles. The van der Waals surface area contributed by atoms with Gasteiger partial charge in [0, 0.05) is 48.6 Å². The van der Waals surface area contributed by atoms with E-state index >= 15 is 0 Å². The number of thiophene rings is 1. The van der Waals surface area contributed by atoms with Crippen LogP contribution in [0.1, 0.15) is 36.0 Å². The van der Waals surface area contributed by atoms with Crippen LogP contribution in [-0.2, 0) is 10.0 Å². The van der Waals surface area contributed by atoms with E-state index in [0.29, 0.717) is 31.7 Å². The number of sulfonamides is 1. The van der Waals surface area contributed by atoms with Crippen molar-refractivity contribution in [2.45, 2.75) is 38.5 Å². The Morgan fingerprint density at radius 3 is 2.45 bits per heavy atom. The Kier molecular flexibility index (Phi) is 5.58. The van der Waals surface area contributed by atoms with Crippen LogP contribution >= 0.6 is 11.3 Å². The summed E-state index contributed by atoms with van der Waals surface area (Å²) in [6, 6.07) is 9.02. The van der Waals surface area contributed by atoms with E-state index in [-0.39, 0.29) is 10.8 Å². The van der Waals surface area contributed by atoms with E-state index in [2.05, 4.69) is 37.6 Å². The van der Waals surface area contributed by atoms with Gasteiger partial charge in [-0.2, -0.15) is 4.31 Å². The third kappa shape index (κ3) is 3.78. The van der Waals surface area contributed by atoms with Gasteiger partial charge in [-0.25, -0.2) is 18.4 Å². The Bertz CT molecular complexity index is 1450. The highest BCUT2D eigenvalue weighted by molar-refractivity contribution is 7.89. The van der Waals surface area contributed by atoms with Crippen LogP contribution in [-0.4, -0.2) is 53.9 Å². The van der Waals surface area contributed by atoms with Crippen molar-refractivity contribution in [3.63, 3.8) is 0 Å². The van der Waals surface area contributed by atoms with E-state index < -0.39 is 10.0 Å². The first-order valence-electron chi connectivity index (χ1n) is 11.1. The molecule has 5 rings (SSSR count). The summed E-state index contributed by atoms with van der Waals surface area (Å²) in [6.07, 6.45) is 1.64. The standard InChI is InChI=1S/C24H27N5O2S2/c1-15(2)22-26-23(20-16(3)17(4)32-24(20)27-22)28-11-13-29(14-12-28)33(30,31)19-9-5-7-18-8-6-10-25-21(18)19/h5-10,15H,11-14H2,1-4H3. The Labute approximate surface area is 198 Å². The molecule has 0 amide bonds. The van der Waals surface area contributed by atoms with Gasteiger partial charge in [0.05, 0.1) is 10.9 Å². The van der Waals surface area contributed by atoms with Crippen LogP contribution in [0.15, 0.2) is 41.4 Å². The van der Waals surface area contributed by atoms with Crippen molar-refractivity contribution in [2.75, 3.05) is 31.1 Å². The molecule has 172 valence electrons. The minimum Gasteiger partial charge on any atom is -0.353 e. The number of aromatic nitrogens is 3. The largest absolute Gasteiger partial charge is 0.353 e. The van der Waals surface area contributed by atoms with Crippen LogP contribution in [0.2, 0.25) is 0 Å². The number of piperazine rings is 1. The highest BCUT2D eigenvalue weighted by atomic mass is 32.2. The SMILES string of the molecule is Cc1sc2nc(C(C)C)nc(N3CCN(S(=O)(=O)c4cccc5cccnc45)CC3)c2c1C. The van der Waals surface area contributed by atoms with Crippen molar-refractivity contribution in [2.24, 2.45) is 0 Å². The van der Waals surface area contributed by atoms with Crippen molar-refractivity contribution in [3.05, 3.63) is 52.8 Å². The van der Waals surface area contributed by atoms with Gasteiger partial charge in [-0.05, 0) is 31.5 Å². The topological polar surface area (TPSA) is 79.3 Å². The fraction of sp³-hybridized carbons (Fsp3) is 0.375. The second-order valence-electron chi connectivity index (χ2n) is 8.75. The summed E-state index contributed by atoms with van der Waals surface area (Å²) >= 11 is 1.70. The number of anilines is 1. The number of hydrogen-bond acceptors (Lipinski definition) is 7. The number of fused-ring (bicyclic) bond motifs is 2. The molecule has 7 nitrogen and oxygen atoms in total. The maximum absolute atomic E-state index is 13.5. The van der Waals surface area contributed by atoms with Gasteiger partial charge in [0.1, 0.15) is 21.4 Å². The Hall–Kier alpha value is -2.62. The van der Waals surface area contributed by atoms with Gasteiger partial charge in [0.15, 0.2) is 0 Å². The number of pyridine rings is 1. The maximum atomic E-state index is 13.5. The average molecular weight is 482 g/mol. The van der Waals surface area contributed by atoms with Gasteiger partial charge >= 0.3 is 0 Å². The molecule has 1 aliphatic rings. The van der Waals surface area contributed by atoms with Gasteiger partial charge < -0.3 is 4.90 Å². The lowest BCUT2D eigenvalue weighted by molar-refractivity contribution is 0.384.